The zero-order valence-corrected chi connectivity index (χ0v) is 15.9. The molecule has 0 aliphatic rings. The predicted molar refractivity (Wildman–Crippen MR) is 103 cm³/mol. The number of nitrogens with zero attached hydrogens (tertiary/aromatic N) is 1. The minimum absolute atomic E-state index is 0.0274. The number of para-hydroxylation sites is 2. The first-order valence-electron chi connectivity index (χ1n) is 8.92. The van der Waals surface area contributed by atoms with Crippen LogP contribution in [0.2, 0.25) is 0 Å². The summed E-state index contributed by atoms with van der Waals surface area (Å²) in [5.74, 6) is -0.244. The van der Waals surface area contributed by atoms with Gasteiger partial charge in [-0.3, -0.25) is 9.59 Å². The molecule has 144 valence electrons. The van der Waals surface area contributed by atoms with E-state index in [2.05, 4.69) is 5.32 Å². The first kappa shape index (κ1) is 20.4. The molecule has 0 spiro atoms. The van der Waals surface area contributed by atoms with Crippen LogP contribution in [0.1, 0.15) is 26.3 Å². The maximum atomic E-state index is 13.6. The molecular weight excluding hydrogens is 347 g/mol. The number of halogens is 1. The highest BCUT2D eigenvalue weighted by atomic mass is 19.1. The molecule has 0 heterocycles. The topological polar surface area (TPSA) is 58.6 Å². The standard InChI is InChI=1S/C21H25FN2O3/c1-15(2)27-20-11-7-6-10-19(20)24(16(3)25)13-12-23-21(26)14-17-8-4-5-9-18(17)22/h4-11,15H,12-14H2,1-3H3,(H,23,26). The molecule has 5 nitrogen and oxygen atoms in total. The van der Waals surface area contributed by atoms with Gasteiger partial charge in [0, 0.05) is 20.0 Å². The largest absolute Gasteiger partial charge is 0.489 e. The average Bonchev–Trinajstić information content (AvgIpc) is 2.61. The van der Waals surface area contributed by atoms with Gasteiger partial charge >= 0.3 is 0 Å². The van der Waals surface area contributed by atoms with Crippen LogP contribution in [-0.2, 0) is 16.0 Å². The quantitative estimate of drug-likeness (QED) is 0.773. The van der Waals surface area contributed by atoms with Gasteiger partial charge in [0.1, 0.15) is 11.6 Å². The minimum Gasteiger partial charge on any atom is -0.489 e. The lowest BCUT2D eigenvalue weighted by Gasteiger charge is -2.24. The van der Waals surface area contributed by atoms with Gasteiger partial charge in [-0.05, 0) is 37.6 Å². The normalized spacial score (nSPS) is 10.6. The van der Waals surface area contributed by atoms with Crippen LogP contribution in [0.5, 0.6) is 5.75 Å². The molecule has 0 radical (unpaired) electrons. The van der Waals surface area contributed by atoms with E-state index in [9.17, 15) is 14.0 Å². The Hall–Kier alpha value is -2.89. The molecule has 1 N–H and O–H groups in total. The highest BCUT2D eigenvalue weighted by Gasteiger charge is 2.17. The van der Waals surface area contributed by atoms with Gasteiger partial charge in [-0.25, -0.2) is 4.39 Å². The highest BCUT2D eigenvalue weighted by molar-refractivity contribution is 5.93. The molecule has 0 aliphatic heterocycles. The van der Waals surface area contributed by atoms with Crippen LogP contribution in [0.4, 0.5) is 10.1 Å². The molecule has 6 heteroatoms. The number of nitrogens with one attached hydrogen (secondary N) is 1. The summed E-state index contributed by atoms with van der Waals surface area (Å²) >= 11 is 0. The number of benzene rings is 2. The molecule has 0 bridgehead atoms. The average molecular weight is 372 g/mol. The molecule has 2 aromatic carbocycles. The van der Waals surface area contributed by atoms with E-state index in [0.717, 1.165) is 0 Å². The van der Waals surface area contributed by atoms with Crippen molar-refractivity contribution in [2.24, 2.45) is 0 Å². The molecular formula is C21H25FN2O3. The maximum Gasteiger partial charge on any atom is 0.224 e. The molecule has 2 aromatic rings. The number of ether oxygens (including phenoxy) is 1. The summed E-state index contributed by atoms with van der Waals surface area (Å²) < 4.78 is 19.4. The van der Waals surface area contributed by atoms with E-state index in [1.54, 1.807) is 29.2 Å². The molecule has 0 unspecified atom stereocenters. The van der Waals surface area contributed by atoms with Gasteiger partial charge < -0.3 is 15.0 Å². The van der Waals surface area contributed by atoms with E-state index in [0.29, 0.717) is 17.0 Å². The van der Waals surface area contributed by atoms with Crippen LogP contribution >= 0.6 is 0 Å². The van der Waals surface area contributed by atoms with E-state index < -0.39 is 5.82 Å². The van der Waals surface area contributed by atoms with Gasteiger partial charge in [0.2, 0.25) is 11.8 Å². The molecule has 2 amide bonds. The zero-order chi connectivity index (χ0) is 19.8. The molecule has 2 rings (SSSR count). The van der Waals surface area contributed by atoms with Crippen molar-refractivity contribution in [1.29, 1.82) is 0 Å². The molecule has 27 heavy (non-hydrogen) atoms. The second kappa shape index (κ2) is 9.71. The SMILES string of the molecule is CC(=O)N(CCNC(=O)Cc1ccccc1F)c1ccccc1OC(C)C. The lowest BCUT2D eigenvalue weighted by molar-refractivity contribution is -0.121. The molecule has 0 aromatic heterocycles. The van der Waals surface area contributed by atoms with E-state index in [1.165, 1.54) is 13.0 Å². The fourth-order valence-electron chi connectivity index (χ4n) is 2.67. The molecule has 0 saturated heterocycles. The predicted octanol–water partition coefficient (Wildman–Crippen LogP) is 3.32. The smallest absolute Gasteiger partial charge is 0.224 e. The lowest BCUT2D eigenvalue weighted by Crippen LogP contribution is -2.38. The van der Waals surface area contributed by atoms with Gasteiger partial charge in [-0.15, -0.1) is 0 Å². The van der Waals surface area contributed by atoms with Crippen molar-refractivity contribution in [3.05, 3.63) is 59.9 Å². The Morgan fingerprint density at radius 1 is 1.11 bits per heavy atom. The van der Waals surface area contributed by atoms with Crippen molar-refractivity contribution in [3.63, 3.8) is 0 Å². The Labute approximate surface area is 159 Å². The zero-order valence-electron chi connectivity index (χ0n) is 15.9. The lowest BCUT2D eigenvalue weighted by atomic mass is 10.1. The van der Waals surface area contributed by atoms with Crippen LogP contribution in [0.3, 0.4) is 0 Å². The molecule has 0 aliphatic carbocycles. The molecule has 0 atom stereocenters. The van der Waals surface area contributed by atoms with Gasteiger partial charge in [0.05, 0.1) is 18.2 Å². The Morgan fingerprint density at radius 3 is 2.44 bits per heavy atom. The summed E-state index contributed by atoms with van der Waals surface area (Å²) in [5, 5.41) is 2.73. The van der Waals surface area contributed by atoms with Gasteiger partial charge in [-0.1, -0.05) is 30.3 Å². The van der Waals surface area contributed by atoms with Crippen molar-refractivity contribution >= 4 is 17.5 Å². The van der Waals surface area contributed by atoms with Crippen LogP contribution < -0.4 is 15.0 Å². The Bertz CT molecular complexity index is 793. The Morgan fingerprint density at radius 2 is 1.78 bits per heavy atom. The van der Waals surface area contributed by atoms with E-state index in [1.807, 2.05) is 32.0 Å². The van der Waals surface area contributed by atoms with Crippen LogP contribution in [0.25, 0.3) is 0 Å². The fourth-order valence-corrected chi connectivity index (χ4v) is 2.67. The van der Waals surface area contributed by atoms with Crippen molar-refractivity contribution in [3.8, 4) is 5.75 Å². The summed E-state index contributed by atoms with van der Waals surface area (Å²) in [6, 6.07) is 13.5. The van der Waals surface area contributed by atoms with Gasteiger partial charge in [0.15, 0.2) is 0 Å². The summed E-state index contributed by atoms with van der Waals surface area (Å²) in [4.78, 5) is 25.7. The minimum atomic E-state index is -0.405. The highest BCUT2D eigenvalue weighted by Crippen LogP contribution is 2.28. The van der Waals surface area contributed by atoms with Gasteiger partial charge in [-0.2, -0.15) is 0 Å². The van der Waals surface area contributed by atoms with Crippen molar-refractivity contribution in [1.82, 2.24) is 5.32 Å². The number of hydrogen-bond donors (Lipinski definition) is 1. The summed E-state index contributed by atoms with van der Waals surface area (Å²) in [7, 11) is 0. The van der Waals surface area contributed by atoms with E-state index >= 15 is 0 Å². The number of carbonyl (C=O) groups is 2. The van der Waals surface area contributed by atoms with Gasteiger partial charge in [0.25, 0.3) is 0 Å². The van der Waals surface area contributed by atoms with Crippen molar-refractivity contribution in [2.45, 2.75) is 33.3 Å². The third kappa shape index (κ3) is 6.09. The van der Waals surface area contributed by atoms with Crippen molar-refractivity contribution < 1.29 is 18.7 Å². The third-order valence-electron chi connectivity index (χ3n) is 3.87. The van der Waals surface area contributed by atoms with Crippen LogP contribution in [0.15, 0.2) is 48.5 Å². The Kier molecular flexibility index (Phi) is 7.34. The maximum absolute atomic E-state index is 13.6. The van der Waals surface area contributed by atoms with Crippen LogP contribution in [0, 0.1) is 5.82 Å². The number of rotatable bonds is 8. The number of amides is 2. The Balaban J connectivity index is 1.98. The first-order chi connectivity index (χ1) is 12.9. The second-order valence-electron chi connectivity index (χ2n) is 6.42. The van der Waals surface area contributed by atoms with Crippen molar-refractivity contribution in [2.75, 3.05) is 18.0 Å². The van der Waals surface area contributed by atoms with Crippen LogP contribution in [-0.4, -0.2) is 31.0 Å². The number of hydrogen-bond acceptors (Lipinski definition) is 3. The van der Waals surface area contributed by atoms with E-state index in [-0.39, 0.29) is 37.4 Å². The first-order valence-corrected chi connectivity index (χ1v) is 8.92. The number of anilines is 1. The molecule has 0 saturated carbocycles. The monoisotopic (exact) mass is 372 g/mol. The summed E-state index contributed by atoms with van der Waals surface area (Å²) in [6.45, 7) is 5.84. The second-order valence-corrected chi connectivity index (χ2v) is 6.42. The van der Waals surface area contributed by atoms with E-state index in [4.69, 9.17) is 4.74 Å². The molecule has 0 fully saturated rings. The third-order valence-corrected chi connectivity index (χ3v) is 3.87. The summed E-state index contributed by atoms with van der Waals surface area (Å²) in [5.41, 5.74) is 0.996. The fraction of sp³-hybridized carbons (Fsp3) is 0.333. The number of carbonyl (C=O) groups excluding carboxylic acids is 2. The summed E-state index contributed by atoms with van der Waals surface area (Å²) in [6.07, 6.45) is -0.0693.